The molecular weight excluding hydrogens is 440 g/mol. The van der Waals surface area contributed by atoms with E-state index in [9.17, 15) is 14.4 Å². The third kappa shape index (κ3) is 5.18. The van der Waals surface area contributed by atoms with E-state index in [0.29, 0.717) is 30.4 Å². The lowest BCUT2D eigenvalue weighted by Gasteiger charge is -2.56. The summed E-state index contributed by atoms with van der Waals surface area (Å²) in [7, 11) is 0. The molecule has 1 aromatic heterocycles. The Morgan fingerprint density at radius 3 is 2.42 bits per heavy atom. The molecule has 3 amide bonds. The molecule has 7 nitrogen and oxygen atoms in total. The minimum Gasteiger partial charge on any atom is -0.347 e. The van der Waals surface area contributed by atoms with Crippen LogP contribution in [0.15, 0.2) is 18.3 Å². The number of hydrogen-bond donors (Lipinski definition) is 2. The number of halogens is 1. The summed E-state index contributed by atoms with van der Waals surface area (Å²) in [5.74, 6) is 2.34. The first-order valence-corrected chi connectivity index (χ1v) is 12.7. The lowest BCUT2D eigenvalue weighted by atomic mass is 9.49. The van der Waals surface area contributed by atoms with Gasteiger partial charge in [-0.1, -0.05) is 11.6 Å². The van der Waals surface area contributed by atoms with Gasteiger partial charge in [-0.25, -0.2) is 4.98 Å². The van der Waals surface area contributed by atoms with Crippen LogP contribution in [-0.4, -0.2) is 47.2 Å². The Morgan fingerprint density at radius 1 is 1.09 bits per heavy atom. The van der Waals surface area contributed by atoms with E-state index in [2.05, 4.69) is 15.6 Å². The van der Waals surface area contributed by atoms with Gasteiger partial charge in [0.2, 0.25) is 17.7 Å². The first-order chi connectivity index (χ1) is 15.9. The van der Waals surface area contributed by atoms with Crippen LogP contribution < -0.4 is 10.6 Å². The van der Waals surface area contributed by atoms with Gasteiger partial charge in [-0.3, -0.25) is 14.4 Å². The smallest absolute Gasteiger partial charge is 0.241 e. The van der Waals surface area contributed by atoms with E-state index in [0.717, 1.165) is 30.6 Å². The van der Waals surface area contributed by atoms with Crippen molar-refractivity contribution in [3.63, 3.8) is 0 Å². The van der Waals surface area contributed by atoms with Crippen LogP contribution in [0.2, 0.25) is 5.02 Å². The Kier molecular flexibility index (Phi) is 6.34. The van der Waals surface area contributed by atoms with E-state index in [1.807, 2.05) is 0 Å². The molecular formula is C25H33ClN4O3. The standard InChI is InChI=1S/C25H33ClN4O3/c26-20-3-4-21(27-13-20)29-24(33)19-2-1-5-30(15-19)23(32)14-28-22(31)12-25-9-16-6-17(10-25)8-18(7-16)11-25/h3-4,13,16-19H,1-2,5-12,14-15H2,(H,28,31)(H,27,29,33). The average molecular weight is 473 g/mol. The van der Waals surface area contributed by atoms with Crippen LogP contribution in [0.3, 0.4) is 0 Å². The van der Waals surface area contributed by atoms with Crippen molar-refractivity contribution in [3.05, 3.63) is 23.4 Å². The lowest BCUT2D eigenvalue weighted by molar-refractivity contribution is -0.137. The van der Waals surface area contributed by atoms with Crippen LogP contribution in [0.5, 0.6) is 0 Å². The van der Waals surface area contributed by atoms with Crippen LogP contribution >= 0.6 is 11.6 Å². The number of carbonyl (C=O) groups is 3. The maximum Gasteiger partial charge on any atom is 0.241 e. The summed E-state index contributed by atoms with van der Waals surface area (Å²) in [6.07, 6.45) is 11.2. The highest BCUT2D eigenvalue weighted by atomic mass is 35.5. The number of hydrogen-bond acceptors (Lipinski definition) is 4. The van der Waals surface area contributed by atoms with Gasteiger partial charge in [0.05, 0.1) is 17.5 Å². The van der Waals surface area contributed by atoms with Crippen molar-refractivity contribution in [1.29, 1.82) is 0 Å². The number of carbonyl (C=O) groups excluding carboxylic acids is 3. The van der Waals surface area contributed by atoms with Gasteiger partial charge in [0.15, 0.2) is 0 Å². The van der Waals surface area contributed by atoms with Crippen molar-refractivity contribution >= 4 is 35.1 Å². The second kappa shape index (κ2) is 9.24. The van der Waals surface area contributed by atoms with Crippen LogP contribution in [0, 0.1) is 29.1 Å². The van der Waals surface area contributed by atoms with Crippen molar-refractivity contribution in [3.8, 4) is 0 Å². The molecule has 6 rings (SSSR count). The summed E-state index contributed by atoms with van der Waals surface area (Å²) in [5.41, 5.74) is 0.173. The molecule has 1 aliphatic heterocycles. The van der Waals surface area contributed by atoms with Crippen molar-refractivity contribution < 1.29 is 14.4 Å². The topological polar surface area (TPSA) is 91.4 Å². The van der Waals surface area contributed by atoms with Gasteiger partial charge in [-0.2, -0.15) is 0 Å². The van der Waals surface area contributed by atoms with Gasteiger partial charge in [0.1, 0.15) is 5.82 Å². The Morgan fingerprint density at radius 2 is 1.79 bits per heavy atom. The first kappa shape index (κ1) is 22.6. The number of aromatic nitrogens is 1. The predicted octanol–water partition coefficient (Wildman–Crippen LogP) is 3.63. The molecule has 5 fully saturated rings. The number of likely N-dealkylation sites (tertiary alicyclic amines) is 1. The average Bonchev–Trinajstić information content (AvgIpc) is 2.78. The molecule has 5 aliphatic rings. The van der Waals surface area contributed by atoms with Gasteiger partial charge in [-0.05, 0) is 86.7 Å². The Bertz CT molecular complexity index is 883. The van der Waals surface area contributed by atoms with Crippen LogP contribution in [0.4, 0.5) is 5.82 Å². The molecule has 33 heavy (non-hydrogen) atoms. The normalized spacial score (nSPS) is 32.5. The maximum absolute atomic E-state index is 12.8. The van der Waals surface area contributed by atoms with Gasteiger partial charge in [0, 0.05) is 25.7 Å². The second-order valence-corrected chi connectivity index (χ2v) is 11.3. The van der Waals surface area contributed by atoms with E-state index in [1.165, 1.54) is 44.7 Å². The lowest BCUT2D eigenvalue weighted by Crippen LogP contribution is -2.50. The molecule has 0 spiro atoms. The molecule has 2 heterocycles. The van der Waals surface area contributed by atoms with Crippen molar-refractivity contribution in [2.75, 3.05) is 25.0 Å². The quantitative estimate of drug-likeness (QED) is 0.661. The molecule has 178 valence electrons. The number of amides is 3. The summed E-state index contributed by atoms with van der Waals surface area (Å²) in [6, 6.07) is 3.33. The second-order valence-electron chi connectivity index (χ2n) is 10.9. The van der Waals surface area contributed by atoms with Gasteiger partial charge < -0.3 is 15.5 Å². The molecule has 4 bridgehead atoms. The third-order valence-electron chi connectivity index (χ3n) is 8.26. The summed E-state index contributed by atoms with van der Waals surface area (Å²) in [4.78, 5) is 44.0. The minimum atomic E-state index is -0.289. The van der Waals surface area contributed by atoms with Crippen LogP contribution in [-0.2, 0) is 14.4 Å². The highest BCUT2D eigenvalue weighted by Crippen LogP contribution is 2.61. The van der Waals surface area contributed by atoms with E-state index in [-0.39, 0.29) is 35.6 Å². The fourth-order valence-corrected chi connectivity index (χ4v) is 7.40. The molecule has 8 heteroatoms. The SMILES string of the molecule is O=C(CC12CC3CC(CC(C3)C1)C2)NCC(=O)N1CCCC(C(=O)Nc2ccc(Cl)cn2)C1. The van der Waals surface area contributed by atoms with Crippen LogP contribution in [0.1, 0.15) is 57.8 Å². The van der Waals surface area contributed by atoms with Crippen molar-refractivity contribution in [1.82, 2.24) is 15.2 Å². The minimum absolute atomic E-state index is 0.00501. The summed E-state index contributed by atoms with van der Waals surface area (Å²) in [6.45, 7) is 0.994. The number of nitrogens with zero attached hydrogens (tertiary/aromatic N) is 2. The largest absolute Gasteiger partial charge is 0.347 e. The number of pyridine rings is 1. The number of anilines is 1. The van der Waals surface area contributed by atoms with Crippen molar-refractivity contribution in [2.45, 2.75) is 57.8 Å². The molecule has 1 atom stereocenters. The van der Waals surface area contributed by atoms with E-state index in [4.69, 9.17) is 11.6 Å². The molecule has 0 aromatic carbocycles. The van der Waals surface area contributed by atoms with Gasteiger partial charge in [-0.15, -0.1) is 0 Å². The van der Waals surface area contributed by atoms with Gasteiger partial charge >= 0.3 is 0 Å². The zero-order valence-corrected chi connectivity index (χ0v) is 19.8. The third-order valence-corrected chi connectivity index (χ3v) is 8.48. The Labute approximate surface area is 200 Å². The molecule has 1 aromatic rings. The van der Waals surface area contributed by atoms with E-state index < -0.39 is 0 Å². The number of rotatable bonds is 6. The highest BCUT2D eigenvalue weighted by Gasteiger charge is 2.51. The van der Waals surface area contributed by atoms with Crippen LogP contribution in [0.25, 0.3) is 0 Å². The fraction of sp³-hybridized carbons (Fsp3) is 0.680. The fourth-order valence-electron chi connectivity index (χ4n) is 7.29. The monoisotopic (exact) mass is 472 g/mol. The highest BCUT2D eigenvalue weighted by molar-refractivity contribution is 6.30. The van der Waals surface area contributed by atoms with E-state index in [1.54, 1.807) is 17.0 Å². The summed E-state index contributed by atoms with van der Waals surface area (Å²) in [5, 5.41) is 6.20. The van der Waals surface area contributed by atoms with Gasteiger partial charge in [0.25, 0.3) is 0 Å². The molecule has 0 radical (unpaired) electrons. The zero-order chi connectivity index (χ0) is 23.0. The molecule has 2 N–H and O–H groups in total. The maximum atomic E-state index is 12.8. The molecule has 1 saturated heterocycles. The predicted molar refractivity (Wildman–Crippen MR) is 125 cm³/mol. The molecule has 4 saturated carbocycles. The molecule has 1 unspecified atom stereocenters. The molecule has 4 aliphatic carbocycles. The first-order valence-electron chi connectivity index (χ1n) is 12.3. The summed E-state index contributed by atoms with van der Waals surface area (Å²) < 4.78 is 0. The zero-order valence-electron chi connectivity index (χ0n) is 19.0. The Hall–Kier alpha value is -2.15. The van der Waals surface area contributed by atoms with Crippen molar-refractivity contribution in [2.24, 2.45) is 29.1 Å². The summed E-state index contributed by atoms with van der Waals surface area (Å²) >= 11 is 5.84. The number of piperidine rings is 1. The Balaban J connectivity index is 1.09. The van der Waals surface area contributed by atoms with E-state index >= 15 is 0 Å². The number of nitrogens with one attached hydrogen (secondary N) is 2.